The Morgan fingerprint density at radius 1 is 1.07 bits per heavy atom. The van der Waals surface area contributed by atoms with Gasteiger partial charge in [0.2, 0.25) is 0 Å². The van der Waals surface area contributed by atoms with Crippen molar-refractivity contribution in [3.8, 4) is 5.75 Å². The average Bonchev–Trinajstić information content (AvgIpc) is 3.23. The molecule has 1 aromatic carbocycles. The van der Waals surface area contributed by atoms with Crippen LogP contribution in [0.4, 0.5) is 0 Å². The van der Waals surface area contributed by atoms with Gasteiger partial charge in [0.15, 0.2) is 5.75 Å². The van der Waals surface area contributed by atoms with Gasteiger partial charge in [-0.3, -0.25) is 9.59 Å². The first kappa shape index (κ1) is 18.5. The summed E-state index contributed by atoms with van der Waals surface area (Å²) in [6.45, 7) is 5.70. The Morgan fingerprint density at radius 2 is 1.59 bits per heavy atom. The zero-order valence-corrected chi connectivity index (χ0v) is 16.8. The summed E-state index contributed by atoms with van der Waals surface area (Å²) in [5.74, 6) is -0.248. The van der Waals surface area contributed by atoms with Crippen LogP contribution in [0.2, 0.25) is 10.0 Å². The van der Waals surface area contributed by atoms with Crippen LogP contribution in [0.25, 0.3) is 0 Å². The van der Waals surface area contributed by atoms with Crippen LogP contribution in [0.15, 0.2) is 29.4 Å². The van der Waals surface area contributed by atoms with Gasteiger partial charge in [-0.05, 0) is 56.7 Å². The van der Waals surface area contributed by atoms with Gasteiger partial charge in [0.05, 0.1) is 28.1 Å². The van der Waals surface area contributed by atoms with Crippen LogP contribution < -0.4 is 4.74 Å². The molecule has 142 valence electrons. The minimum absolute atomic E-state index is 0.161. The van der Waals surface area contributed by atoms with Crippen molar-refractivity contribution in [3.05, 3.63) is 39.9 Å². The van der Waals surface area contributed by atoms with Crippen molar-refractivity contribution < 1.29 is 14.3 Å². The third-order valence-electron chi connectivity index (χ3n) is 5.20. The van der Waals surface area contributed by atoms with E-state index in [1.54, 1.807) is 12.1 Å². The van der Waals surface area contributed by atoms with E-state index in [1.165, 1.54) is 6.21 Å². The highest BCUT2D eigenvalue weighted by atomic mass is 35.5. The standard InChI is InChI=1S/C20H20Cl2N2O3/c1-20(2,3)27-17-13(21)6-10(7-14(17)22)9-23-24-18(25)15-11-4-5-12(8-11)16(15)19(24)26/h4-7,9,11-12,15-16H,8H2,1-3H3/t11-,12-,15-,16+/m0/s1. The Balaban J connectivity index is 1.55. The molecule has 0 N–H and O–H groups in total. The zero-order chi connectivity index (χ0) is 19.5. The molecule has 1 saturated carbocycles. The second-order valence-electron chi connectivity index (χ2n) is 8.26. The van der Waals surface area contributed by atoms with Crippen LogP contribution in [0.1, 0.15) is 32.8 Å². The number of halogens is 2. The number of rotatable bonds is 3. The molecule has 0 radical (unpaired) electrons. The van der Waals surface area contributed by atoms with Crippen LogP contribution in [0.3, 0.4) is 0 Å². The van der Waals surface area contributed by atoms with Crippen molar-refractivity contribution in [1.82, 2.24) is 5.01 Å². The predicted molar refractivity (Wildman–Crippen MR) is 104 cm³/mol. The molecule has 7 heteroatoms. The Labute approximate surface area is 168 Å². The normalized spacial score (nSPS) is 29.3. The van der Waals surface area contributed by atoms with E-state index < -0.39 is 5.60 Å². The lowest BCUT2D eigenvalue weighted by molar-refractivity contribution is -0.140. The second-order valence-corrected chi connectivity index (χ2v) is 9.08. The van der Waals surface area contributed by atoms with E-state index in [0.717, 1.165) is 11.4 Å². The Kier molecular flexibility index (Phi) is 4.35. The first-order valence-electron chi connectivity index (χ1n) is 8.94. The Bertz CT molecular complexity index is 835. The number of fused-ring (bicyclic) bond motifs is 5. The quantitative estimate of drug-likeness (QED) is 0.426. The molecule has 2 aliphatic carbocycles. The van der Waals surface area contributed by atoms with E-state index >= 15 is 0 Å². The maximum Gasteiger partial charge on any atom is 0.254 e. The average molecular weight is 407 g/mol. The largest absolute Gasteiger partial charge is 0.485 e. The van der Waals surface area contributed by atoms with Crippen LogP contribution in [-0.4, -0.2) is 28.6 Å². The highest BCUT2D eigenvalue weighted by molar-refractivity contribution is 6.37. The molecule has 27 heavy (non-hydrogen) atoms. The third-order valence-corrected chi connectivity index (χ3v) is 5.76. The van der Waals surface area contributed by atoms with E-state index in [0.29, 0.717) is 21.4 Å². The lowest BCUT2D eigenvalue weighted by Gasteiger charge is -2.23. The number of benzene rings is 1. The summed E-state index contributed by atoms with van der Waals surface area (Å²) in [5, 5.41) is 5.84. The molecule has 0 unspecified atom stereocenters. The molecule has 4 rings (SSSR count). The molecule has 1 heterocycles. The fraction of sp³-hybridized carbons (Fsp3) is 0.450. The highest BCUT2D eigenvalue weighted by Gasteiger charge is 2.59. The topological polar surface area (TPSA) is 59.0 Å². The van der Waals surface area contributed by atoms with Gasteiger partial charge in [0.1, 0.15) is 5.60 Å². The summed E-state index contributed by atoms with van der Waals surface area (Å²) < 4.78 is 5.78. The number of imide groups is 1. The zero-order valence-electron chi connectivity index (χ0n) is 15.3. The van der Waals surface area contributed by atoms with Crippen molar-refractivity contribution in [3.63, 3.8) is 0 Å². The fourth-order valence-corrected chi connectivity index (χ4v) is 4.76. The molecule has 0 spiro atoms. The summed E-state index contributed by atoms with van der Waals surface area (Å²) in [6, 6.07) is 3.30. The van der Waals surface area contributed by atoms with E-state index in [9.17, 15) is 9.59 Å². The van der Waals surface area contributed by atoms with E-state index in [2.05, 4.69) is 17.3 Å². The molecule has 2 amide bonds. The smallest absolute Gasteiger partial charge is 0.254 e. The minimum atomic E-state index is -0.442. The molecule has 5 nitrogen and oxygen atoms in total. The number of hydrogen-bond acceptors (Lipinski definition) is 4. The van der Waals surface area contributed by atoms with Crippen LogP contribution in [0, 0.1) is 23.7 Å². The van der Waals surface area contributed by atoms with Crippen LogP contribution >= 0.6 is 23.2 Å². The molecular weight excluding hydrogens is 387 g/mol. The van der Waals surface area contributed by atoms with Gasteiger partial charge in [-0.25, -0.2) is 0 Å². The van der Waals surface area contributed by atoms with Crippen molar-refractivity contribution in [2.24, 2.45) is 28.8 Å². The molecule has 2 bridgehead atoms. The van der Waals surface area contributed by atoms with E-state index in [-0.39, 0.29) is 35.5 Å². The number of ether oxygens (including phenoxy) is 1. The fourth-order valence-electron chi connectivity index (χ4n) is 4.18. The SMILES string of the molecule is CC(C)(C)Oc1c(Cl)cc(C=NN2C(=O)[C@@H]3[C@H](C2=O)[C@H]2C=C[C@H]3C2)cc1Cl. The number of carbonyl (C=O) groups is 2. The number of allylic oxidation sites excluding steroid dienone is 2. The van der Waals surface area contributed by atoms with Crippen molar-refractivity contribution in [1.29, 1.82) is 0 Å². The predicted octanol–water partition coefficient (Wildman–Crippen LogP) is 4.31. The van der Waals surface area contributed by atoms with Crippen LogP contribution in [-0.2, 0) is 9.59 Å². The summed E-state index contributed by atoms with van der Waals surface area (Å²) in [7, 11) is 0. The second kappa shape index (κ2) is 6.35. The maximum absolute atomic E-state index is 12.6. The monoisotopic (exact) mass is 406 g/mol. The van der Waals surface area contributed by atoms with E-state index in [1.807, 2.05) is 20.8 Å². The highest BCUT2D eigenvalue weighted by Crippen LogP contribution is 2.52. The molecular formula is C20H20Cl2N2O3. The maximum atomic E-state index is 12.6. The van der Waals surface area contributed by atoms with E-state index in [4.69, 9.17) is 27.9 Å². The molecule has 1 aliphatic heterocycles. The van der Waals surface area contributed by atoms with Crippen molar-refractivity contribution in [2.45, 2.75) is 32.8 Å². The number of hydrogen-bond donors (Lipinski definition) is 0. The van der Waals surface area contributed by atoms with Crippen molar-refractivity contribution in [2.75, 3.05) is 0 Å². The molecule has 1 aromatic rings. The molecule has 4 atom stereocenters. The number of nitrogens with zero attached hydrogens (tertiary/aromatic N) is 2. The third kappa shape index (κ3) is 3.17. The van der Waals surface area contributed by atoms with Gasteiger partial charge in [0.25, 0.3) is 11.8 Å². The Hall–Kier alpha value is -1.85. The molecule has 2 fully saturated rings. The summed E-state index contributed by atoms with van der Waals surface area (Å²) in [6.07, 6.45) is 6.44. The molecule has 1 saturated heterocycles. The summed E-state index contributed by atoms with van der Waals surface area (Å²) in [4.78, 5) is 25.3. The van der Waals surface area contributed by atoms with Gasteiger partial charge in [-0.2, -0.15) is 10.1 Å². The van der Waals surface area contributed by atoms with Crippen molar-refractivity contribution >= 4 is 41.2 Å². The first-order chi connectivity index (χ1) is 12.7. The molecule has 0 aromatic heterocycles. The minimum Gasteiger partial charge on any atom is -0.485 e. The summed E-state index contributed by atoms with van der Waals surface area (Å²) >= 11 is 12.6. The molecule has 3 aliphatic rings. The Morgan fingerprint density at radius 3 is 2.07 bits per heavy atom. The lowest BCUT2D eigenvalue weighted by atomic mass is 9.85. The van der Waals surface area contributed by atoms with Gasteiger partial charge in [-0.1, -0.05) is 35.4 Å². The van der Waals surface area contributed by atoms with Gasteiger partial charge in [0, 0.05) is 0 Å². The number of hydrazone groups is 1. The first-order valence-corrected chi connectivity index (χ1v) is 9.69. The number of carbonyl (C=O) groups excluding carboxylic acids is 2. The van der Waals surface area contributed by atoms with Gasteiger partial charge >= 0.3 is 0 Å². The summed E-state index contributed by atoms with van der Waals surface area (Å²) in [5.41, 5.74) is 0.146. The van der Waals surface area contributed by atoms with Crippen LogP contribution in [0.5, 0.6) is 5.75 Å². The number of amides is 2. The van der Waals surface area contributed by atoms with Gasteiger partial charge < -0.3 is 4.74 Å². The lowest BCUT2D eigenvalue weighted by Crippen LogP contribution is -2.28. The van der Waals surface area contributed by atoms with Gasteiger partial charge in [-0.15, -0.1) is 0 Å².